The Balaban J connectivity index is 1.90. The quantitative estimate of drug-likeness (QED) is 0.802. The summed E-state index contributed by atoms with van der Waals surface area (Å²) < 4.78 is 5.88. The van der Waals surface area contributed by atoms with Gasteiger partial charge in [-0.15, -0.1) is 0 Å². The minimum absolute atomic E-state index is 0.0609. The molecule has 2 aromatic rings. The standard InChI is InChI=1S/C20H27N5O/c1-5-6-15(4)26-20-23-18(21)17-9-13(2)11-25(19(17)24-20)12-16-8-7-14(3)22-10-16/h7-8,10,15H,2,5-6,9,11-12H2,1,3-4H3,(H2,21,23,24)/t15-/m0/s1. The first-order valence-electron chi connectivity index (χ1n) is 9.12. The minimum atomic E-state index is 0.0609. The molecule has 0 saturated carbocycles. The van der Waals surface area contributed by atoms with Gasteiger partial charge in [-0.25, -0.2) is 0 Å². The molecule has 138 valence electrons. The van der Waals surface area contributed by atoms with E-state index >= 15 is 0 Å². The van der Waals surface area contributed by atoms with Crippen molar-refractivity contribution in [2.45, 2.75) is 52.7 Å². The summed E-state index contributed by atoms with van der Waals surface area (Å²) in [5.41, 5.74) is 10.4. The Bertz CT molecular complexity index is 788. The zero-order valence-electron chi connectivity index (χ0n) is 15.8. The van der Waals surface area contributed by atoms with E-state index in [0.717, 1.165) is 47.6 Å². The van der Waals surface area contributed by atoms with E-state index in [2.05, 4.69) is 39.4 Å². The van der Waals surface area contributed by atoms with Crippen LogP contribution in [-0.4, -0.2) is 27.6 Å². The highest BCUT2D eigenvalue weighted by molar-refractivity contribution is 5.62. The third-order valence-corrected chi connectivity index (χ3v) is 4.49. The molecule has 3 rings (SSSR count). The Morgan fingerprint density at radius 3 is 2.85 bits per heavy atom. The van der Waals surface area contributed by atoms with Gasteiger partial charge in [0.25, 0.3) is 0 Å². The van der Waals surface area contributed by atoms with Gasteiger partial charge in [0.1, 0.15) is 11.6 Å². The van der Waals surface area contributed by atoms with Crippen molar-refractivity contribution >= 4 is 11.6 Å². The summed E-state index contributed by atoms with van der Waals surface area (Å²) in [6.45, 7) is 11.7. The summed E-state index contributed by atoms with van der Waals surface area (Å²) in [5, 5.41) is 0. The van der Waals surface area contributed by atoms with Gasteiger partial charge in [0.15, 0.2) is 0 Å². The fourth-order valence-corrected chi connectivity index (χ4v) is 3.19. The van der Waals surface area contributed by atoms with Gasteiger partial charge in [0.05, 0.1) is 6.10 Å². The Morgan fingerprint density at radius 1 is 1.35 bits per heavy atom. The molecule has 6 nitrogen and oxygen atoms in total. The van der Waals surface area contributed by atoms with Gasteiger partial charge >= 0.3 is 6.01 Å². The van der Waals surface area contributed by atoms with Gasteiger partial charge in [-0.2, -0.15) is 9.97 Å². The summed E-state index contributed by atoms with van der Waals surface area (Å²) in [6.07, 6.45) is 4.67. The largest absolute Gasteiger partial charge is 0.460 e. The average Bonchev–Trinajstić information content (AvgIpc) is 2.58. The molecule has 2 aromatic heterocycles. The van der Waals surface area contributed by atoms with E-state index in [0.29, 0.717) is 24.8 Å². The van der Waals surface area contributed by atoms with Gasteiger partial charge in [0, 0.05) is 37.0 Å². The van der Waals surface area contributed by atoms with Gasteiger partial charge in [0.2, 0.25) is 0 Å². The van der Waals surface area contributed by atoms with E-state index in [1.807, 2.05) is 26.1 Å². The lowest BCUT2D eigenvalue weighted by atomic mass is 10.0. The molecule has 0 saturated heterocycles. The molecule has 1 aliphatic rings. The minimum Gasteiger partial charge on any atom is -0.460 e. The Kier molecular flexibility index (Phi) is 5.40. The molecule has 26 heavy (non-hydrogen) atoms. The van der Waals surface area contributed by atoms with E-state index in [1.54, 1.807) is 0 Å². The number of nitrogen functional groups attached to an aromatic ring is 1. The van der Waals surface area contributed by atoms with Crippen LogP contribution in [0.4, 0.5) is 11.6 Å². The van der Waals surface area contributed by atoms with Crippen molar-refractivity contribution < 1.29 is 4.74 Å². The van der Waals surface area contributed by atoms with Crippen molar-refractivity contribution in [1.29, 1.82) is 0 Å². The van der Waals surface area contributed by atoms with E-state index in [9.17, 15) is 0 Å². The summed E-state index contributed by atoms with van der Waals surface area (Å²) in [5.74, 6) is 1.31. The van der Waals surface area contributed by atoms with Crippen molar-refractivity contribution in [1.82, 2.24) is 15.0 Å². The zero-order chi connectivity index (χ0) is 18.7. The number of aromatic nitrogens is 3. The molecule has 2 N–H and O–H groups in total. The van der Waals surface area contributed by atoms with Crippen LogP contribution < -0.4 is 15.4 Å². The highest BCUT2D eigenvalue weighted by Crippen LogP contribution is 2.33. The van der Waals surface area contributed by atoms with Gasteiger partial charge < -0.3 is 15.4 Å². The molecule has 0 radical (unpaired) electrons. The number of fused-ring (bicyclic) bond motifs is 1. The molecule has 0 aliphatic carbocycles. The van der Waals surface area contributed by atoms with Crippen LogP contribution >= 0.6 is 0 Å². The first kappa shape index (κ1) is 18.2. The van der Waals surface area contributed by atoms with Gasteiger partial charge in [-0.1, -0.05) is 31.6 Å². The summed E-state index contributed by atoms with van der Waals surface area (Å²) in [6, 6.07) is 4.45. The molecule has 6 heteroatoms. The van der Waals surface area contributed by atoms with Gasteiger partial charge in [-0.3, -0.25) is 4.98 Å². The van der Waals surface area contributed by atoms with E-state index < -0.39 is 0 Å². The predicted octanol–water partition coefficient (Wildman–Crippen LogP) is 3.45. The Hall–Kier alpha value is -2.63. The highest BCUT2D eigenvalue weighted by Gasteiger charge is 2.25. The first-order chi connectivity index (χ1) is 12.5. The first-order valence-corrected chi connectivity index (χ1v) is 9.12. The smallest absolute Gasteiger partial charge is 0.320 e. The number of nitrogens with two attached hydrogens (primary N) is 1. The van der Waals surface area contributed by atoms with Crippen LogP contribution in [0.15, 0.2) is 30.5 Å². The van der Waals surface area contributed by atoms with Crippen LogP contribution in [0.2, 0.25) is 0 Å². The summed E-state index contributed by atoms with van der Waals surface area (Å²) >= 11 is 0. The number of hydrogen-bond acceptors (Lipinski definition) is 6. The Labute approximate surface area is 155 Å². The highest BCUT2D eigenvalue weighted by atomic mass is 16.5. The fourth-order valence-electron chi connectivity index (χ4n) is 3.19. The molecule has 0 spiro atoms. The van der Waals surface area contributed by atoms with E-state index in [4.69, 9.17) is 10.5 Å². The molecule has 1 aliphatic heterocycles. The topological polar surface area (TPSA) is 77.2 Å². The number of ether oxygens (including phenoxy) is 1. The molecule has 0 aromatic carbocycles. The molecule has 0 bridgehead atoms. The zero-order valence-corrected chi connectivity index (χ0v) is 15.8. The van der Waals surface area contributed by atoms with Crippen molar-refractivity contribution in [3.05, 3.63) is 47.3 Å². The maximum Gasteiger partial charge on any atom is 0.320 e. The maximum atomic E-state index is 6.22. The number of anilines is 2. The Morgan fingerprint density at radius 2 is 2.15 bits per heavy atom. The molecule has 0 unspecified atom stereocenters. The molecule has 0 amide bonds. The molecule has 3 heterocycles. The normalized spacial score (nSPS) is 14.9. The second kappa shape index (κ2) is 7.72. The number of rotatable bonds is 6. The van der Waals surface area contributed by atoms with Crippen LogP contribution in [0.1, 0.15) is 43.5 Å². The van der Waals surface area contributed by atoms with Crippen molar-refractivity contribution in [3.63, 3.8) is 0 Å². The fraction of sp³-hybridized carbons (Fsp3) is 0.450. The third kappa shape index (κ3) is 4.12. The molecular weight excluding hydrogens is 326 g/mol. The lowest BCUT2D eigenvalue weighted by Crippen LogP contribution is -2.32. The average molecular weight is 353 g/mol. The SMILES string of the molecule is C=C1Cc2c(N)nc(O[C@@H](C)CCC)nc2N(Cc2ccc(C)nc2)C1. The van der Waals surface area contributed by atoms with Crippen LogP contribution in [0.5, 0.6) is 6.01 Å². The number of hydrogen-bond donors (Lipinski definition) is 1. The van der Waals surface area contributed by atoms with E-state index in [-0.39, 0.29) is 6.10 Å². The van der Waals surface area contributed by atoms with Crippen molar-refractivity contribution in [2.75, 3.05) is 17.2 Å². The summed E-state index contributed by atoms with van der Waals surface area (Å²) in [7, 11) is 0. The molecule has 0 fully saturated rings. The van der Waals surface area contributed by atoms with Gasteiger partial charge in [-0.05, 0) is 31.9 Å². The predicted molar refractivity (Wildman–Crippen MR) is 104 cm³/mol. The second-order valence-electron chi connectivity index (χ2n) is 7.00. The summed E-state index contributed by atoms with van der Waals surface area (Å²) in [4.78, 5) is 15.6. The number of nitrogens with zero attached hydrogens (tertiary/aromatic N) is 4. The number of aryl methyl sites for hydroxylation is 1. The molecule has 1 atom stereocenters. The van der Waals surface area contributed by atoms with Crippen LogP contribution in [0.25, 0.3) is 0 Å². The van der Waals surface area contributed by atoms with Crippen molar-refractivity contribution in [2.24, 2.45) is 0 Å². The molecular formula is C20H27N5O. The number of pyridine rings is 1. The lowest BCUT2D eigenvalue weighted by molar-refractivity contribution is 0.192. The van der Waals surface area contributed by atoms with Crippen LogP contribution in [0.3, 0.4) is 0 Å². The van der Waals surface area contributed by atoms with Crippen molar-refractivity contribution in [3.8, 4) is 6.01 Å². The van der Waals surface area contributed by atoms with Crippen LogP contribution in [0, 0.1) is 6.92 Å². The third-order valence-electron chi connectivity index (χ3n) is 4.49. The maximum absolute atomic E-state index is 6.22. The lowest BCUT2D eigenvalue weighted by Gasteiger charge is -2.32. The second-order valence-corrected chi connectivity index (χ2v) is 7.00. The monoisotopic (exact) mass is 353 g/mol. The van der Waals surface area contributed by atoms with E-state index in [1.165, 1.54) is 0 Å². The van der Waals surface area contributed by atoms with Crippen LogP contribution in [-0.2, 0) is 13.0 Å².